The number of nitrogens with zero attached hydrogens (tertiary/aromatic N) is 1. The normalized spacial score (nSPS) is 12.6. The van der Waals surface area contributed by atoms with Crippen LogP contribution < -0.4 is 11.1 Å². The van der Waals surface area contributed by atoms with E-state index in [0.29, 0.717) is 10.7 Å². The minimum atomic E-state index is 0.227. The zero-order chi connectivity index (χ0) is 13.8. The third kappa shape index (κ3) is 3.93. The average molecular weight is 296 g/mol. The lowest BCUT2D eigenvalue weighted by molar-refractivity contribution is 0.572. The lowest BCUT2D eigenvalue weighted by atomic mass is 10.2. The van der Waals surface area contributed by atoms with Gasteiger partial charge in [0.2, 0.25) is 0 Å². The number of nitrogens with one attached hydrogen (secondary N) is 1. The van der Waals surface area contributed by atoms with Crippen molar-refractivity contribution in [2.24, 2.45) is 0 Å². The fraction of sp³-hybridized carbons (Fsp3) is 0.357. The van der Waals surface area contributed by atoms with Gasteiger partial charge in [0.1, 0.15) is 5.01 Å². The van der Waals surface area contributed by atoms with E-state index in [1.807, 2.05) is 18.3 Å². The number of rotatable bonds is 5. The van der Waals surface area contributed by atoms with E-state index in [2.05, 4.69) is 24.1 Å². The van der Waals surface area contributed by atoms with E-state index in [9.17, 15) is 0 Å². The molecule has 1 heterocycles. The topological polar surface area (TPSA) is 50.9 Å². The van der Waals surface area contributed by atoms with Crippen molar-refractivity contribution in [3.63, 3.8) is 0 Å². The van der Waals surface area contributed by atoms with Crippen LogP contribution in [0, 0.1) is 0 Å². The molecule has 1 unspecified atom stereocenters. The van der Waals surface area contributed by atoms with E-state index in [-0.39, 0.29) is 6.04 Å². The van der Waals surface area contributed by atoms with Crippen molar-refractivity contribution >= 4 is 28.6 Å². The Morgan fingerprint density at radius 2 is 2.21 bits per heavy atom. The molecule has 0 fully saturated rings. The number of nitrogen functional groups attached to an aromatic ring is 1. The highest BCUT2D eigenvalue weighted by atomic mass is 35.5. The van der Waals surface area contributed by atoms with E-state index >= 15 is 0 Å². The van der Waals surface area contributed by atoms with Crippen LogP contribution >= 0.6 is 22.9 Å². The molecule has 0 spiro atoms. The Hall–Kier alpha value is -1.10. The first-order chi connectivity index (χ1) is 9.08. The van der Waals surface area contributed by atoms with Gasteiger partial charge in [-0.15, -0.1) is 11.3 Å². The van der Waals surface area contributed by atoms with Crippen molar-refractivity contribution < 1.29 is 0 Å². The molecule has 1 atom stereocenters. The minimum absolute atomic E-state index is 0.227. The first-order valence-corrected chi connectivity index (χ1v) is 7.51. The number of hydrogen-bond donors (Lipinski definition) is 2. The van der Waals surface area contributed by atoms with Gasteiger partial charge in [-0.05, 0) is 37.1 Å². The van der Waals surface area contributed by atoms with Crippen LogP contribution in [0.5, 0.6) is 0 Å². The Balaban J connectivity index is 1.97. The molecule has 102 valence electrons. The summed E-state index contributed by atoms with van der Waals surface area (Å²) >= 11 is 7.74. The first kappa shape index (κ1) is 14.3. The second-order valence-corrected chi connectivity index (χ2v) is 6.10. The van der Waals surface area contributed by atoms with Gasteiger partial charge in [0, 0.05) is 28.3 Å². The van der Waals surface area contributed by atoms with E-state index in [0.717, 1.165) is 23.5 Å². The number of hydrogen-bond acceptors (Lipinski definition) is 4. The first-order valence-electron chi connectivity index (χ1n) is 6.31. The lowest BCUT2D eigenvalue weighted by Gasteiger charge is -2.11. The van der Waals surface area contributed by atoms with Gasteiger partial charge in [0.15, 0.2) is 0 Å². The molecule has 19 heavy (non-hydrogen) atoms. The maximum Gasteiger partial charge on any atom is 0.109 e. The third-order valence-corrected chi connectivity index (χ3v) is 4.43. The molecule has 2 aromatic rings. The molecule has 5 heteroatoms. The van der Waals surface area contributed by atoms with Gasteiger partial charge in [-0.2, -0.15) is 0 Å². The summed E-state index contributed by atoms with van der Waals surface area (Å²) in [6.45, 7) is 4.99. The van der Waals surface area contributed by atoms with Crippen LogP contribution in [0.4, 0.5) is 5.69 Å². The molecular weight excluding hydrogens is 278 g/mol. The Bertz CT molecular complexity index is 533. The Morgan fingerprint density at radius 1 is 1.42 bits per heavy atom. The summed E-state index contributed by atoms with van der Waals surface area (Å²) in [4.78, 5) is 5.76. The van der Waals surface area contributed by atoms with Crippen LogP contribution in [0.25, 0.3) is 0 Å². The zero-order valence-electron chi connectivity index (χ0n) is 11.1. The number of benzene rings is 1. The van der Waals surface area contributed by atoms with Gasteiger partial charge in [-0.3, -0.25) is 0 Å². The summed E-state index contributed by atoms with van der Waals surface area (Å²) in [6.07, 6.45) is 2.99. The van der Waals surface area contributed by atoms with E-state index in [1.54, 1.807) is 17.4 Å². The molecule has 0 amide bonds. The number of aryl methyl sites for hydroxylation is 1. The quantitative estimate of drug-likeness (QED) is 0.825. The largest absolute Gasteiger partial charge is 0.399 e. The minimum Gasteiger partial charge on any atom is -0.399 e. The third-order valence-electron chi connectivity index (χ3n) is 2.88. The molecular formula is C14H18ClN3S. The SMILES string of the molecule is CCc1cnc(C(C)NCc2cc(N)cc(Cl)c2)s1. The van der Waals surface area contributed by atoms with Crippen LogP contribution in [0.15, 0.2) is 24.4 Å². The van der Waals surface area contributed by atoms with Crippen LogP contribution in [0.3, 0.4) is 0 Å². The molecule has 0 saturated heterocycles. The number of halogens is 1. The fourth-order valence-corrected chi connectivity index (χ4v) is 2.97. The number of nitrogens with two attached hydrogens (primary N) is 1. The monoisotopic (exact) mass is 295 g/mol. The van der Waals surface area contributed by atoms with Gasteiger partial charge in [0.05, 0.1) is 6.04 Å². The molecule has 0 aliphatic heterocycles. The van der Waals surface area contributed by atoms with Crippen LogP contribution in [0.1, 0.15) is 35.3 Å². The summed E-state index contributed by atoms with van der Waals surface area (Å²) in [7, 11) is 0. The van der Waals surface area contributed by atoms with Crippen molar-refractivity contribution in [2.75, 3.05) is 5.73 Å². The van der Waals surface area contributed by atoms with Gasteiger partial charge in [0.25, 0.3) is 0 Å². The standard InChI is InChI=1S/C14H18ClN3S/c1-3-13-8-18-14(19-13)9(2)17-7-10-4-11(15)6-12(16)5-10/h4-6,8-9,17H,3,7,16H2,1-2H3. The molecule has 0 aliphatic carbocycles. The van der Waals surface area contributed by atoms with Crippen LogP contribution in [-0.2, 0) is 13.0 Å². The number of thiazole rings is 1. The summed E-state index contributed by atoms with van der Waals surface area (Å²) in [5.41, 5.74) is 7.56. The zero-order valence-corrected chi connectivity index (χ0v) is 12.7. The summed E-state index contributed by atoms with van der Waals surface area (Å²) in [5.74, 6) is 0. The highest BCUT2D eigenvalue weighted by Gasteiger charge is 2.09. The van der Waals surface area contributed by atoms with E-state index < -0.39 is 0 Å². The number of aromatic nitrogens is 1. The second-order valence-electron chi connectivity index (χ2n) is 4.51. The molecule has 3 N–H and O–H groups in total. The van der Waals surface area contributed by atoms with Gasteiger partial charge in [-0.1, -0.05) is 18.5 Å². The lowest BCUT2D eigenvalue weighted by Crippen LogP contribution is -2.17. The van der Waals surface area contributed by atoms with Crippen molar-refractivity contribution in [3.8, 4) is 0 Å². The summed E-state index contributed by atoms with van der Waals surface area (Å²) in [6, 6.07) is 5.84. The molecule has 0 bridgehead atoms. The van der Waals surface area contributed by atoms with Crippen molar-refractivity contribution in [3.05, 3.63) is 44.9 Å². The Labute approximate surface area is 122 Å². The Kier molecular flexibility index (Phi) is 4.80. The number of anilines is 1. The van der Waals surface area contributed by atoms with Crippen molar-refractivity contribution in [1.82, 2.24) is 10.3 Å². The molecule has 2 rings (SSSR count). The fourth-order valence-electron chi connectivity index (χ4n) is 1.82. The molecule has 1 aromatic carbocycles. The predicted molar refractivity (Wildman–Crippen MR) is 82.6 cm³/mol. The van der Waals surface area contributed by atoms with E-state index in [4.69, 9.17) is 17.3 Å². The summed E-state index contributed by atoms with van der Waals surface area (Å²) < 4.78 is 0. The van der Waals surface area contributed by atoms with Crippen molar-refractivity contribution in [2.45, 2.75) is 32.9 Å². The maximum atomic E-state index is 5.99. The van der Waals surface area contributed by atoms with Crippen LogP contribution in [-0.4, -0.2) is 4.98 Å². The Morgan fingerprint density at radius 3 is 2.84 bits per heavy atom. The second kappa shape index (κ2) is 6.37. The smallest absolute Gasteiger partial charge is 0.109 e. The van der Waals surface area contributed by atoms with Gasteiger partial charge in [-0.25, -0.2) is 4.98 Å². The molecule has 0 aliphatic rings. The average Bonchev–Trinajstić information content (AvgIpc) is 2.83. The summed E-state index contributed by atoms with van der Waals surface area (Å²) in [5, 5.41) is 5.23. The highest BCUT2D eigenvalue weighted by Crippen LogP contribution is 2.21. The maximum absolute atomic E-state index is 5.99. The van der Waals surface area contributed by atoms with Gasteiger partial charge >= 0.3 is 0 Å². The van der Waals surface area contributed by atoms with Crippen molar-refractivity contribution in [1.29, 1.82) is 0 Å². The molecule has 0 radical (unpaired) electrons. The predicted octanol–water partition coefficient (Wildman–Crippen LogP) is 3.79. The molecule has 0 saturated carbocycles. The van der Waals surface area contributed by atoms with Gasteiger partial charge < -0.3 is 11.1 Å². The molecule has 3 nitrogen and oxygen atoms in total. The molecule has 1 aromatic heterocycles. The van der Waals surface area contributed by atoms with E-state index in [1.165, 1.54) is 4.88 Å². The van der Waals surface area contributed by atoms with Crippen LogP contribution in [0.2, 0.25) is 5.02 Å². The highest BCUT2D eigenvalue weighted by molar-refractivity contribution is 7.11.